The Morgan fingerprint density at radius 1 is 1.38 bits per heavy atom. The summed E-state index contributed by atoms with van der Waals surface area (Å²) in [4.78, 5) is 8.42. The van der Waals surface area contributed by atoms with Crippen LogP contribution in [0.3, 0.4) is 0 Å². The van der Waals surface area contributed by atoms with E-state index in [1.807, 2.05) is 19.6 Å². The van der Waals surface area contributed by atoms with Gasteiger partial charge in [-0.3, -0.25) is 4.99 Å². The largest absolute Gasteiger partial charge is 0.378 e. The van der Waals surface area contributed by atoms with Crippen LogP contribution in [-0.2, 0) is 11.3 Å². The molecule has 1 aromatic rings. The summed E-state index contributed by atoms with van der Waals surface area (Å²) in [6, 6.07) is 0.425. The van der Waals surface area contributed by atoms with Gasteiger partial charge in [-0.15, -0.1) is 24.0 Å². The molecule has 0 aromatic carbocycles. The predicted octanol–water partition coefficient (Wildman–Crippen LogP) is 2.65. The molecule has 0 spiro atoms. The molecule has 24 heavy (non-hydrogen) atoms. The SMILES string of the molecule is CCOC1CC(NC(=NC)NCCn2ccnc2)C1(CC)CC.I. The Kier molecular flexibility index (Phi) is 9.04. The normalized spacial score (nSPS) is 22.4. The van der Waals surface area contributed by atoms with E-state index >= 15 is 0 Å². The number of nitrogens with one attached hydrogen (secondary N) is 2. The Morgan fingerprint density at radius 3 is 2.67 bits per heavy atom. The Balaban J connectivity index is 0.00000288. The average Bonchev–Trinajstić information content (AvgIpc) is 3.07. The van der Waals surface area contributed by atoms with Crippen molar-refractivity contribution in [1.82, 2.24) is 20.2 Å². The molecule has 7 heteroatoms. The fourth-order valence-corrected chi connectivity index (χ4v) is 3.67. The van der Waals surface area contributed by atoms with E-state index in [0.29, 0.717) is 12.1 Å². The van der Waals surface area contributed by atoms with Crippen LogP contribution in [0.15, 0.2) is 23.7 Å². The summed E-state index contributed by atoms with van der Waals surface area (Å²) < 4.78 is 7.99. The minimum absolute atomic E-state index is 0. The molecule has 2 unspecified atom stereocenters. The van der Waals surface area contributed by atoms with Gasteiger partial charge in [0, 0.05) is 50.6 Å². The first kappa shape index (κ1) is 21.2. The number of nitrogens with zero attached hydrogens (tertiary/aromatic N) is 3. The monoisotopic (exact) mass is 449 g/mol. The quantitative estimate of drug-likeness (QED) is 0.364. The lowest BCUT2D eigenvalue weighted by atomic mass is 9.58. The zero-order valence-electron chi connectivity index (χ0n) is 15.3. The molecule has 1 aromatic heterocycles. The van der Waals surface area contributed by atoms with Gasteiger partial charge in [-0.05, 0) is 26.2 Å². The molecular formula is C17H32IN5O. The van der Waals surface area contributed by atoms with Crippen LogP contribution < -0.4 is 10.6 Å². The van der Waals surface area contributed by atoms with Crippen LogP contribution in [0.2, 0.25) is 0 Å². The molecule has 2 rings (SSSR count). The highest BCUT2D eigenvalue weighted by molar-refractivity contribution is 14.0. The maximum absolute atomic E-state index is 5.94. The Bertz CT molecular complexity index is 487. The van der Waals surface area contributed by atoms with Crippen molar-refractivity contribution < 1.29 is 4.74 Å². The second-order valence-corrected chi connectivity index (χ2v) is 6.12. The molecule has 0 bridgehead atoms. The second-order valence-electron chi connectivity index (χ2n) is 6.12. The molecule has 1 heterocycles. The molecule has 1 saturated carbocycles. The topological polar surface area (TPSA) is 63.5 Å². The van der Waals surface area contributed by atoms with E-state index in [1.54, 1.807) is 6.20 Å². The highest BCUT2D eigenvalue weighted by Crippen LogP contribution is 2.48. The molecule has 1 aliphatic carbocycles. The van der Waals surface area contributed by atoms with Gasteiger partial charge >= 0.3 is 0 Å². The summed E-state index contributed by atoms with van der Waals surface area (Å²) in [7, 11) is 1.82. The molecule has 0 radical (unpaired) electrons. The third-order valence-electron chi connectivity index (χ3n) is 5.23. The summed E-state index contributed by atoms with van der Waals surface area (Å²) in [5, 5.41) is 6.99. The van der Waals surface area contributed by atoms with Crippen LogP contribution in [-0.4, -0.2) is 47.9 Å². The number of ether oxygens (including phenoxy) is 1. The molecule has 138 valence electrons. The Morgan fingerprint density at radius 2 is 2.12 bits per heavy atom. The smallest absolute Gasteiger partial charge is 0.191 e. The fraction of sp³-hybridized carbons (Fsp3) is 0.765. The van der Waals surface area contributed by atoms with Crippen molar-refractivity contribution in [3.05, 3.63) is 18.7 Å². The van der Waals surface area contributed by atoms with Crippen molar-refractivity contribution in [2.24, 2.45) is 10.4 Å². The van der Waals surface area contributed by atoms with Crippen molar-refractivity contribution in [3.63, 3.8) is 0 Å². The highest BCUT2D eigenvalue weighted by Gasteiger charge is 2.53. The van der Waals surface area contributed by atoms with Gasteiger partial charge in [-0.1, -0.05) is 13.8 Å². The maximum atomic E-state index is 5.94. The highest BCUT2D eigenvalue weighted by atomic mass is 127. The Labute approximate surface area is 162 Å². The predicted molar refractivity (Wildman–Crippen MR) is 109 cm³/mol. The van der Waals surface area contributed by atoms with Crippen LogP contribution in [0.4, 0.5) is 0 Å². The zero-order valence-corrected chi connectivity index (χ0v) is 17.6. The van der Waals surface area contributed by atoms with Gasteiger partial charge in [0.1, 0.15) is 0 Å². The molecule has 1 aliphatic rings. The number of hydrogen-bond acceptors (Lipinski definition) is 3. The van der Waals surface area contributed by atoms with Gasteiger partial charge in [0.05, 0.1) is 12.4 Å². The van der Waals surface area contributed by atoms with E-state index in [4.69, 9.17) is 4.74 Å². The number of imidazole rings is 1. The van der Waals surface area contributed by atoms with Crippen molar-refractivity contribution in [1.29, 1.82) is 0 Å². The average molecular weight is 449 g/mol. The molecule has 0 aliphatic heterocycles. The molecule has 6 nitrogen and oxygen atoms in total. The molecule has 2 atom stereocenters. The number of guanidine groups is 1. The minimum Gasteiger partial charge on any atom is -0.378 e. The van der Waals surface area contributed by atoms with Gasteiger partial charge in [0.25, 0.3) is 0 Å². The van der Waals surface area contributed by atoms with Crippen molar-refractivity contribution in [3.8, 4) is 0 Å². The number of aromatic nitrogens is 2. The van der Waals surface area contributed by atoms with Crippen molar-refractivity contribution in [2.45, 2.75) is 58.7 Å². The van der Waals surface area contributed by atoms with Crippen LogP contribution in [0, 0.1) is 5.41 Å². The Hall–Kier alpha value is -0.830. The van der Waals surface area contributed by atoms with E-state index in [2.05, 4.69) is 45.9 Å². The first-order chi connectivity index (χ1) is 11.2. The summed E-state index contributed by atoms with van der Waals surface area (Å²) in [5.74, 6) is 0.872. The van der Waals surface area contributed by atoms with Gasteiger partial charge in [-0.2, -0.15) is 0 Å². The van der Waals surface area contributed by atoms with Crippen LogP contribution in [0.1, 0.15) is 40.0 Å². The van der Waals surface area contributed by atoms with Crippen molar-refractivity contribution >= 4 is 29.9 Å². The lowest BCUT2D eigenvalue weighted by Crippen LogP contribution is -2.65. The summed E-state index contributed by atoms with van der Waals surface area (Å²) in [6.45, 7) is 9.09. The fourth-order valence-electron chi connectivity index (χ4n) is 3.67. The molecule has 0 amide bonds. The number of hydrogen-bond donors (Lipinski definition) is 2. The third kappa shape index (κ3) is 4.62. The first-order valence-electron chi connectivity index (χ1n) is 8.74. The van der Waals surface area contributed by atoms with Crippen LogP contribution in [0.5, 0.6) is 0 Å². The van der Waals surface area contributed by atoms with Gasteiger partial charge in [0.15, 0.2) is 5.96 Å². The zero-order chi connectivity index (χ0) is 16.7. The van der Waals surface area contributed by atoms with Gasteiger partial charge in [0.2, 0.25) is 0 Å². The summed E-state index contributed by atoms with van der Waals surface area (Å²) >= 11 is 0. The van der Waals surface area contributed by atoms with E-state index in [1.165, 1.54) is 0 Å². The summed E-state index contributed by atoms with van der Waals surface area (Å²) in [6.07, 6.45) is 9.26. The summed E-state index contributed by atoms with van der Waals surface area (Å²) in [5.41, 5.74) is 0.220. The molecule has 2 N–H and O–H groups in total. The lowest BCUT2D eigenvalue weighted by molar-refractivity contribution is -0.133. The van der Waals surface area contributed by atoms with E-state index in [-0.39, 0.29) is 29.4 Å². The van der Waals surface area contributed by atoms with Gasteiger partial charge < -0.3 is 19.9 Å². The minimum atomic E-state index is 0. The standard InChI is InChI=1S/C17H31N5O.HI/c1-5-17(6-2)14(12-15(17)23-7-3)21-16(18-4)20-9-11-22-10-8-19-13-22;/h8,10,13-15H,5-7,9,11-12H2,1-4H3,(H2,18,20,21);1H. The second kappa shape index (κ2) is 10.2. The van der Waals surface area contributed by atoms with Crippen LogP contribution in [0.25, 0.3) is 0 Å². The maximum Gasteiger partial charge on any atom is 0.191 e. The lowest BCUT2D eigenvalue weighted by Gasteiger charge is -2.55. The number of halogens is 1. The van der Waals surface area contributed by atoms with Crippen LogP contribution >= 0.6 is 24.0 Å². The molecule has 0 saturated heterocycles. The van der Waals surface area contributed by atoms with Crippen molar-refractivity contribution in [2.75, 3.05) is 20.2 Å². The molecule has 1 fully saturated rings. The van der Waals surface area contributed by atoms with Gasteiger partial charge in [-0.25, -0.2) is 4.98 Å². The first-order valence-corrected chi connectivity index (χ1v) is 8.74. The van der Waals surface area contributed by atoms with E-state index in [9.17, 15) is 0 Å². The number of rotatable bonds is 8. The molecular weight excluding hydrogens is 417 g/mol. The number of aliphatic imine (C=N–C) groups is 1. The van der Waals surface area contributed by atoms with E-state index in [0.717, 1.165) is 44.9 Å². The van der Waals surface area contributed by atoms with E-state index < -0.39 is 0 Å². The third-order valence-corrected chi connectivity index (χ3v) is 5.23.